The zero-order valence-corrected chi connectivity index (χ0v) is 7.01. The van der Waals surface area contributed by atoms with Gasteiger partial charge in [0.25, 0.3) is 0 Å². The Morgan fingerprint density at radius 3 is 0.833 bits per heavy atom. The van der Waals surface area contributed by atoms with Gasteiger partial charge in [-0.1, -0.05) is 33.7 Å². The second kappa shape index (κ2) is 9.99. The minimum atomic E-state index is -1.20. The molecule has 0 radical (unpaired) electrons. The van der Waals surface area contributed by atoms with Gasteiger partial charge in [-0.05, 0) is 0 Å². The van der Waals surface area contributed by atoms with Gasteiger partial charge >= 0.3 is 0 Å². The second-order valence-electron chi connectivity index (χ2n) is 0.192. The van der Waals surface area contributed by atoms with Gasteiger partial charge < -0.3 is 0 Å². The summed E-state index contributed by atoms with van der Waals surface area (Å²) >= 11 is 14.6. The van der Waals surface area contributed by atoms with Gasteiger partial charge in [-0.25, -0.2) is 0 Å². The number of hydrogen-bond donors (Lipinski definition) is 0. The lowest BCUT2D eigenvalue weighted by Crippen LogP contribution is -0.958. The summed E-state index contributed by atoms with van der Waals surface area (Å²) in [6.45, 7) is 0. The van der Waals surface area contributed by atoms with Crippen LogP contribution in [0.25, 0.3) is 0 Å². The summed E-state index contributed by atoms with van der Waals surface area (Å²) in [4.78, 5) is 0. The molecule has 0 aromatic carbocycles. The summed E-state index contributed by atoms with van der Waals surface area (Å²) in [7, 11) is 8.22. The third kappa shape index (κ3) is 39.6. The van der Waals surface area contributed by atoms with Crippen molar-refractivity contribution < 1.29 is 0 Å². The van der Waals surface area contributed by atoms with Crippen molar-refractivity contribution in [1.82, 2.24) is 0 Å². The Hall–Kier alpha value is 1.88. The summed E-state index contributed by atoms with van der Waals surface area (Å²) in [6, 6.07) is 0. The minimum absolute atomic E-state index is 1.20. The molecule has 0 fully saturated rings. The van der Waals surface area contributed by atoms with E-state index >= 15 is 0 Å². The zero-order chi connectivity index (χ0) is 5.58. The van der Waals surface area contributed by atoms with E-state index in [2.05, 4.69) is 21.7 Å². The van der Waals surface area contributed by atoms with Crippen molar-refractivity contribution in [1.29, 1.82) is 0 Å². The monoisotopic (exact) mass is 206 g/mol. The molecule has 0 spiro atoms. The summed E-state index contributed by atoms with van der Waals surface area (Å²) in [6.07, 6.45) is 0. The van der Waals surface area contributed by atoms with Gasteiger partial charge in [0.05, 0.1) is 0 Å². The molecule has 0 heterocycles. The molecule has 0 rings (SSSR count). The molecule has 0 aliphatic carbocycles. The van der Waals surface area contributed by atoms with E-state index in [0.29, 0.717) is 0 Å². The molecule has 0 N–H and O–H groups in total. The highest BCUT2D eigenvalue weighted by Gasteiger charge is 1.80. The average Bonchev–Trinajstić information content (AvgIpc) is 1.41. The van der Waals surface area contributed by atoms with Gasteiger partial charge in [-0.3, -0.25) is 0 Å². The lowest BCUT2D eigenvalue weighted by Gasteiger charge is -1.68. The molecular formula is Cl5P. The van der Waals surface area contributed by atoms with Crippen molar-refractivity contribution in [3.05, 3.63) is 0 Å². The van der Waals surface area contributed by atoms with E-state index in [9.17, 15) is 0 Å². The highest BCUT2D eigenvalue weighted by atomic mass is 36.5. The van der Waals surface area contributed by atoms with Crippen LogP contribution < -0.4 is 0 Å². The molecule has 0 saturated heterocycles. The Kier molecular flexibility index (Phi) is 18.0. The van der Waals surface area contributed by atoms with Crippen molar-refractivity contribution in [3.63, 3.8) is 0 Å². The molecule has 0 aliphatic rings. The first-order valence-electron chi connectivity index (χ1n) is 0.650. The Morgan fingerprint density at radius 1 is 0.833 bits per heavy atom. The standard InChI is InChI=1S/Cl3P.Cl2/c1-4(2)3;1-2. The Labute approximate surface area is 61.4 Å². The Balaban J connectivity index is 0. The molecule has 0 amide bonds. The van der Waals surface area contributed by atoms with Crippen LogP contribution in [-0.4, -0.2) is 0 Å². The average molecular weight is 208 g/mol. The molecule has 0 nitrogen and oxygen atoms in total. The van der Waals surface area contributed by atoms with Gasteiger partial charge in [0.1, 0.15) is 0 Å². The van der Waals surface area contributed by atoms with Crippen LogP contribution in [0.2, 0.25) is 0 Å². The minimum Gasteiger partial charge on any atom is -0.0596 e. The van der Waals surface area contributed by atoms with Gasteiger partial charge in [-0.2, -0.15) is 0 Å². The van der Waals surface area contributed by atoms with Crippen molar-refractivity contribution in [3.8, 4) is 0 Å². The van der Waals surface area contributed by atoms with Gasteiger partial charge in [0, 0.05) is 21.7 Å². The predicted molar refractivity (Wildman–Crippen MR) is 36.2 cm³/mol. The van der Waals surface area contributed by atoms with Gasteiger partial charge in [0.2, 0.25) is 0 Å². The van der Waals surface area contributed by atoms with E-state index in [1.165, 1.54) is 0 Å². The first-order valence-corrected chi connectivity index (χ1v) is 5.85. The normalized spacial score (nSPS) is 7.00. The summed E-state index contributed by atoms with van der Waals surface area (Å²) in [5.74, 6) is -1.20. The number of rotatable bonds is 0. The third-order valence-corrected chi connectivity index (χ3v) is 0. The quantitative estimate of drug-likeness (QED) is 0.520. The van der Waals surface area contributed by atoms with Crippen LogP contribution in [-0.2, 0) is 0 Å². The zero-order valence-electron chi connectivity index (χ0n) is 2.34. The van der Waals surface area contributed by atoms with Gasteiger partial charge in [-0.15, -0.1) is 0 Å². The fourth-order valence-electron chi connectivity index (χ4n) is 0. The van der Waals surface area contributed by atoms with Crippen LogP contribution in [0.4, 0.5) is 0 Å². The van der Waals surface area contributed by atoms with Crippen LogP contribution in [0.5, 0.6) is 0 Å². The van der Waals surface area contributed by atoms with Crippen molar-refractivity contribution in [2.75, 3.05) is 0 Å². The maximum absolute atomic E-state index is 4.87. The molecule has 0 bridgehead atoms. The maximum Gasteiger partial charge on any atom is 0.179 e. The topological polar surface area (TPSA) is 0 Å². The summed E-state index contributed by atoms with van der Waals surface area (Å²) < 4.78 is 0. The van der Waals surface area contributed by atoms with Crippen LogP contribution >= 0.6 is 61.4 Å². The fraction of sp³-hybridized carbons (Fsp3) is 0. The predicted octanol–water partition coefficient (Wildman–Crippen LogP) is 4.31. The number of hydrogen-bond acceptors (Lipinski definition) is 0. The van der Waals surface area contributed by atoms with Crippen LogP contribution in [0.1, 0.15) is 0 Å². The van der Waals surface area contributed by atoms with E-state index in [1.54, 1.807) is 0 Å². The Morgan fingerprint density at radius 2 is 0.833 bits per heavy atom. The SMILES string of the molecule is ClCl.ClP(Cl)Cl. The molecule has 6 heteroatoms. The van der Waals surface area contributed by atoms with E-state index in [1.807, 2.05) is 0 Å². The fourth-order valence-corrected chi connectivity index (χ4v) is 0. The number of halogens is 5. The lowest BCUT2D eigenvalue weighted by atomic mass is 30.4. The Bertz CT molecular complexity index is 8.66. The molecule has 40 valence electrons. The maximum atomic E-state index is 4.87. The third-order valence-electron chi connectivity index (χ3n) is 0. The smallest absolute Gasteiger partial charge is 0.0596 e. The van der Waals surface area contributed by atoms with Crippen LogP contribution in [0, 0.1) is 0 Å². The largest absolute Gasteiger partial charge is 0.179 e. The van der Waals surface area contributed by atoms with Crippen molar-refractivity contribution in [2.45, 2.75) is 0 Å². The lowest BCUT2D eigenvalue weighted by molar-refractivity contribution is 4.58. The van der Waals surface area contributed by atoms with Crippen LogP contribution in [0.3, 0.4) is 0 Å². The van der Waals surface area contributed by atoms with E-state index in [-0.39, 0.29) is 0 Å². The highest BCUT2D eigenvalue weighted by molar-refractivity contribution is 8.20. The molecule has 0 aromatic heterocycles. The molecule has 0 atom stereocenters. The molecule has 6 heavy (non-hydrogen) atoms. The second-order valence-corrected chi connectivity index (χ2v) is 5.17. The first kappa shape index (κ1) is 10.8. The van der Waals surface area contributed by atoms with E-state index < -0.39 is 5.98 Å². The van der Waals surface area contributed by atoms with E-state index in [4.69, 9.17) is 33.7 Å². The summed E-state index contributed by atoms with van der Waals surface area (Å²) in [5, 5.41) is 0. The van der Waals surface area contributed by atoms with Crippen LogP contribution in [0.15, 0.2) is 0 Å². The highest BCUT2D eigenvalue weighted by Crippen LogP contribution is 2.51. The molecule has 0 aromatic rings. The van der Waals surface area contributed by atoms with Crippen molar-refractivity contribution in [2.24, 2.45) is 0 Å². The van der Waals surface area contributed by atoms with Gasteiger partial charge in [0.15, 0.2) is 5.98 Å². The molecular weight excluding hydrogens is 208 g/mol. The first-order chi connectivity index (χ1) is 2.73. The van der Waals surface area contributed by atoms with E-state index in [0.717, 1.165) is 0 Å². The van der Waals surface area contributed by atoms with Crippen molar-refractivity contribution >= 4 is 61.4 Å². The molecule has 0 saturated carbocycles. The molecule has 0 aliphatic heterocycles. The molecule has 0 unspecified atom stereocenters. The summed E-state index contributed by atoms with van der Waals surface area (Å²) in [5.41, 5.74) is 0.